The predicted molar refractivity (Wildman–Crippen MR) is 83.3 cm³/mol. The Morgan fingerprint density at radius 3 is 2.54 bits per heavy atom. The Balaban J connectivity index is 2.22. The first-order valence-electron chi connectivity index (χ1n) is 6.85. The van der Waals surface area contributed by atoms with Crippen molar-refractivity contribution in [1.29, 1.82) is 0 Å². The van der Waals surface area contributed by atoms with Crippen LogP contribution in [0.4, 0.5) is 5.69 Å². The standard InChI is InChI=1S/C16H15NO7/c1-9-3-5-12(15(19)14(9)18)16(20)24-8-10-7-11(17(21)22)4-6-13(10)23-2/h3-7,18-19H,8H2,1-2H3. The van der Waals surface area contributed by atoms with E-state index in [1.165, 1.54) is 37.4 Å². The first-order valence-corrected chi connectivity index (χ1v) is 6.85. The lowest BCUT2D eigenvalue weighted by molar-refractivity contribution is -0.385. The lowest BCUT2D eigenvalue weighted by Crippen LogP contribution is -2.07. The minimum Gasteiger partial charge on any atom is -0.504 e. The van der Waals surface area contributed by atoms with Gasteiger partial charge in [-0.15, -0.1) is 0 Å². The number of benzene rings is 2. The van der Waals surface area contributed by atoms with E-state index < -0.39 is 22.4 Å². The molecule has 2 aromatic carbocycles. The van der Waals surface area contributed by atoms with Crippen molar-refractivity contribution in [2.24, 2.45) is 0 Å². The summed E-state index contributed by atoms with van der Waals surface area (Å²) in [5.74, 6) is -1.54. The Morgan fingerprint density at radius 1 is 1.21 bits per heavy atom. The number of ether oxygens (including phenoxy) is 2. The van der Waals surface area contributed by atoms with Crippen LogP contribution in [0.1, 0.15) is 21.5 Å². The lowest BCUT2D eigenvalue weighted by Gasteiger charge is -2.11. The Labute approximate surface area is 137 Å². The number of aromatic hydroxyl groups is 2. The molecule has 0 saturated heterocycles. The van der Waals surface area contributed by atoms with Crippen LogP contribution >= 0.6 is 0 Å². The molecule has 0 spiro atoms. The Morgan fingerprint density at radius 2 is 1.92 bits per heavy atom. The number of nitro groups is 1. The number of carbonyl (C=O) groups excluding carboxylic acids is 1. The van der Waals surface area contributed by atoms with Gasteiger partial charge in [0.1, 0.15) is 17.9 Å². The number of nitro benzene ring substituents is 1. The first-order chi connectivity index (χ1) is 11.3. The summed E-state index contributed by atoms with van der Waals surface area (Å²) in [5, 5.41) is 30.3. The predicted octanol–water partition coefficient (Wildman–Crippen LogP) is 2.68. The molecule has 0 bridgehead atoms. The summed E-state index contributed by atoms with van der Waals surface area (Å²) in [7, 11) is 1.39. The van der Waals surface area contributed by atoms with Gasteiger partial charge in [-0.1, -0.05) is 6.07 Å². The molecule has 2 aromatic rings. The van der Waals surface area contributed by atoms with E-state index in [9.17, 15) is 25.1 Å². The molecule has 0 atom stereocenters. The highest BCUT2D eigenvalue weighted by Crippen LogP contribution is 2.33. The number of non-ortho nitro benzene ring substituents is 1. The molecule has 2 N–H and O–H groups in total. The molecular formula is C16H15NO7. The largest absolute Gasteiger partial charge is 0.504 e. The van der Waals surface area contributed by atoms with E-state index in [4.69, 9.17) is 9.47 Å². The van der Waals surface area contributed by atoms with Gasteiger partial charge in [0.05, 0.1) is 12.0 Å². The third kappa shape index (κ3) is 3.37. The smallest absolute Gasteiger partial charge is 0.342 e. The number of hydrogen-bond acceptors (Lipinski definition) is 7. The van der Waals surface area contributed by atoms with Gasteiger partial charge in [0.15, 0.2) is 11.5 Å². The van der Waals surface area contributed by atoms with Crippen LogP contribution in [0.2, 0.25) is 0 Å². The average Bonchev–Trinajstić information content (AvgIpc) is 2.57. The van der Waals surface area contributed by atoms with Crippen molar-refractivity contribution >= 4 is 11.7 Å². The maximum Gasteiger partial charge on any atom is 0.342 e. The molecule has 0 aliphatic heterocycles. The molecule has 2 rings (SSSR count). The fourth-order valence-corrected chi connectivity index (χ4v) is 2.06. The van der Waals surface area contributed by atoms with E-state index in [0.29, 0.717) is 16.9 Å². The van der Waals surface area contributed by atoms with Gasteiger partial charge in [0, 0.05) is 17.7 Å². The van der Waals surface area contributed by atoms with Crippen molar-refractivity contribution in [3.8, 4) is 17.2 Å². The van der Waals surface area contributed by atoms with Gasteiger partial charge in [-0.25, -0.2) is 4.79 Å². The van der Waals surface area contributed by atoms with Crippen LogP contribution in [0, 0.1) is 17.0 Å². The van der Waals surface area contributed by atoms with Crippen molar-refractivity contribution in [3.05, 3.63) is 57.1 Å². The Hall–Kier alpha value is -3.29. The quantitative estimate of drug-likeness (QED) is 0.373. The number of phenols is 2. The number of esters is 1. The van der Waals surface area contributed by atoms with Crippen LogP contribution < -0.4 is 4.74 Å². The fourth-order valence-electron chi connectivity index (χ4n) is 2.06. The SMILES string of the molecule is COc1ccc([N+](=O)[O-])cc1COC(=O)c1ccc(C)c(O)c1O. The number of phenolic OH excluding ortho intramolecular Hbond substituents is 2. The van der Waals surface area contributed by atoms with Crippen molar-refractivity contribution in [3.63, 3.8) is 0 Å². The molecule has 8 nitrogen and oxygen atoms in total. The highest BCUT2D eigenvalue weighted by atomic mass is 16.6. The summed E-state index contributed by atoms with van der Waals surface area (Å²) >= 11 is 0. The van der Waals surface area contributed by atoms with Crippen molar-refractivity contribution in [2.45, 2.75) is 13.5 Å². The van der Waals surface area contributed by atoms with Crippen LogP contribution in [-0.4, -0.2) is 28.2 Å². The van der Waals surface area contributed by atoms with Gasteiger partial charge in [0.25, 0.3) is 5.69 Å². The molecule has 0 aliphatic carbocycles. The van der Waals surface area contributed by atoms with Crippen LogP contribution in [0.25, 0.3) is 0 Å². The molecule has 126 valence electrons. The molecular weight excluding hydrogens is 318 g/mol. The van der Waals surface area contributed by atoms with E-state index in [-0.39, 0.29) is 17.9 Å². The summed E-state index contributed by atoms with van der Waals surface area (Å²) in [6.45, 7) is 1.27. The molecule has 0 heterocycles. The molecule has 0 fully saturated rings. The summed E-state index contributed by atoms with van der Waals surface area (Å²) in [6, 6.07) is 6.68. The van der Waals surface area contributed by atoms with Crippen molar-refractivity contribution < 1.29 is 29.4 Å². The number of methoxy groups -OCH3 is 1. The zero-order chi connectivity index (χ0) is 17.9. The normalized spacial score (nSPS) is 10.2. The Kier molecular flexibility index (Phi) is 4.88. The maximum atomic E-state index is 12.1. The minimum absolute atomic E-state index is 0.169. The molecule has 0 radical (unpaired) electrons. The summed E-state index contributed by atoms with van der Waals surface area (Å²) in [4.78, 5) is 22.3. The number of rotatable bonds is 5. The van der Waals surface area contributed by atoms with Crippen LogP contribution in [0.5, 0.6) is 17.2 Å². The van der Waals surface area contributed by atoms with E-state index in [0.717, 1.165) is 0 Å². The van der Waals surface area contributed by atoms with Gasteiger partial charge in [-0.05, 0) is 24.6 Å². The van der Waals surface area contributed by atoms with Crippen LogP contribution in [0.3, 0.4) is 0 Å². The molecule has 24 heavy (non-hydrogen) atoms. The second-order valence-corrected chi connectivity index (χ2v) is 4.96. The average molecular weight is 333 g/mol. The molecule has 0 unspecified atom stereocenters. The van der Waals surface area contributed by atoms with Crippen LogP contribution in [0.15, 0.2) is 30.3 Å². The number of carbonyl (C=O) groups is 1. The monoisotopic (exact) mass is 333 g/mol. The number of aryl methyl sites for hydroxylation is 1. The van der Waals surface area contributed by atoms with Gasteiger partial charge >= 0.3 is 5.97 Å². The van der Waals surface area contributed by atoms with Crippen LogP contribution in [-0.2, 0) is 11.3 Å². The van der Waals surface area contributed by atoms with E-state index in [2.05, 4.69) is 0 Å². The van der Waals surface area contributed by atoms with Crippen molar-refractivity contribution in [2.75, 3.05) is 7.11 Å². The van der Waals surface area contributed by atoms with E-state index >= 15 is 0 Å². The molecule has 0 aromatic heterocycles. The van der Waals surface area contributed by atoms with Gasteiger partial charge in [-0.2, -0.15) is 0 Å². The molecule has 0 aliphatic rings. The van der Waals surface area contributed by atoms with Gasteiger partial charge < -0.3 is 19.7 Å². The fraction of sp³-hybridized carbons (Fsp3) is 0.188. The minimum atomic E-state index is -0.878. The maximum absolute atomic E-state index is 12.1. The summed E-state index contributed by atoms with van der Waals surface area (Å²) in [6.07, 6.45) is 0. The number of hydrogen-bond donors (Lipinski definition) is 2. The molecule has 0 saturated carbocycles. The third-order valence-electron chi connectivity index (χ3n) is 3.41. The third-order valence-corrected chi connectivity index (χ3v) is 3.41. The zero-order valence-electron chi connectivity index (χ0n) is 13.0. The first kappa shape index (κ1) is 17.1. The van der Waals surface area contributed by atoms with E-state index in [1.807, 2.05) is 0 Å². The number of nitrogens with zero attached hydrogens (tertiary/aromatic N) is 1. The summed E-state index contributed by atoms with van der Waals surface area (Å²) < 4.78 is 10.1. The second kappa shape index (κ2) is 6.86. The van der Waals surface area contributed by atoms with E-state index in [1.54, 1.807) is 6.92 Å². The molecule has 8 heteroatoms. The van der Waals surface area contributed by atoms with Gasteiger partial charge in [-0.3, -0.25) is 10.1 Å². The highest BCUT2D eigenvalue weighted by Gasteiger charge is 2.19. The lowest BCUT2D eigenvalue weighted by atomic mass is 10.1. The summed E-state index contributed by atoms with van der Waals surface area (Å²) in [5.41, 5.74) is 0.334. The van der Waals surface area contributed by atoms with Gasteiger partial charge in [0.2, 0.25) is 0 Å². The second-order valence-electron chi connectivity index (χ2n) is 4.96. The van der Waals surface area contributed by atoms with Crippen molar-refractivity contribution in [1.82, 2.24) is 0 Å². The Bertz CT molecular complexity index is 801. The topological polar surface area (TPSA) is 119 Å². The zero-order valence-corrected chi connectivity index (χ0v) is 13.0. The molecule has 0 amide bonds. The highest BCUT2D eigenvalue weighted by molar-refractivity contribution is 5.93.